The number of nitro benzene ring substituents is 1. The highest BCUT2D eigenvalue weighted by Gasteiger charge is 2.10. The Balaban J connectivity index is 3.18. The summed E-state index contributed by atoms with van der Waals surface area (Å²) < 4.78 is 0. The van der Waals surface area contributed by atoms with Crippen LogP contribution in [0.15, 0.2) is 39.9 Å². The van der Waals surface area contributed by atoms with Crippen molar-refractivity contribution < 1.29 is 14.8 Å². The Hall–Kier alpha value is -2.57. The lowest BCUT2D eigenvalue weighted by Gasteiger charge is -2.00. The molecule has 0 aliphatic carbocycles. The van der Waals surface area contributed by atoms with E-state index in [-0.39, 0.29) is 22.8 Å². The normalized spacial score (nSPS) is 12.4. The molecule has 1 aromatic carbocycles. The first kappa shape index (κ1) is 14.5. The number of hydrogen-bond acceptors (Lipinski definition) is 6. The number of aliphatic hydroxyl groups is 1. The molecule has 7 nitrogen and oxygen atoms in total. The number of aryl methyl sites for hydroxylation is 1. The highest BCUT2D eigenvalue weighted by Crippen LogP contribution is 2.25. The predicted molar refractivity (Wildman–Crippen MR) is 68.4 cm³/mol. The van der Waals surface area contributed by atoms with E-state index in [1.807, 2.05) is 0 Å². The second-order valence-electron chi connectivity index (χ2n) is 3.92. The zero-order chi connectivity index (χ0) is 14.6. The van der Waals surface area contributed by atoms with Crippen LogP contribution in [0.3, 0.4) is 0 Å². The van der Waals surface area contributed by atoms with Gasteiger partial charge in [0.15, 0.2) is 11.5 Å². The second-order valence-corrected chi connectivity index (χ2v) is 3.92. The molecule has 1 rings (SSSR count). The Morgan fingerprint density at radius 1 is 1.37 bits per heavy atom. The van der Waals surface area contributed by atoms with Gasteiger partial charge < -0.3 is 5.11 Å². The maximum atomic E-state index is 11.2. The van der Waals surface area contributed by atoms with Crippen LogP contribution in [-0.2, 0) is 4.79 Å². The molecule has 1 aromatic rings. The SMILES string of the molecule is CC(=O)/C(N=Nc1cc([N+](=O)[O-])ccc1C)=C(\C)O. The van der Waals surface area contributed by atoms with Crippen molar-refractivity contribution in [3.8, 4) is 0 Å². The predicted octanol–water partition coefficient (Wildman–Crippen LogP) is 3.37. The topological polar surface area (TPSA) is 105 Å². The number of ketones is 1. The summed E-state index contributed by atoms with van der Waals surface area (Å²) in [6, 6.07) is 4.14. The van der Waals surface area contributed by atoms with Crippen LogP contribution in [0.2, 0.25) is 0 Å². The summed E-state index contributed by atoms with van der Waals surface area (Å²) in [6.45, 7) is 4.27. The summed E-state index contributed by atoms with van der Waals surface area (Å²) in [6.07, 6.45) is 0. The number of nitro groups is 1. The first-order valence-corrected chi connectivity index (χ1v) is 5.40. The van der Waals surface area contributed by atoms with Crippen LogP contribution in [0.25, 0.3) is 0 Å². The number of rotatable bonds is 4. The van der Waals surface area contributed by atoms with Gasteiger partial charge >= 0.3 is 0 Å². The lowest BCUT2D eigenvalue weighted by molar-refractivity contribution is -0.384. The number of allylic oxidation sites excluding steroid dienone is 2. The molecule has 0 unspecified atom stereocenters. The molecule has 0 atom stereocenters. The van der Waals surface area contributed by atoms with Gasteiger partial charge in [0, 0.05) is 19.1 Å². The van der Waals surface area contributed by atoms with Crippen LogP contribution in [0.5, 0.6) is 0 Å². The molecule has 0 heterocycles. The van der Waals surface area contributed by atoms with Gasteiger partial charge in [-0.3, -0.25) is 14.9 Å². The van der Waals surface area contributed by atoms with Crippen molar-refractivity contribution in [2.75, 3.05) is 0 Å². The highest BCUT2D eigenvalue weighted by molar-refractivity contribution is 5.93. The smallest absolute Gasteiger partial charge is 0.271 e. The van der Waals surface area contributed by atoms with Gasteiger partial charge in [0.25, 0.3) is 5.69 Å². The number of nitrogens with zero attached hydrogens (tertiary/aromatic N) is 3. The molecule has 19 heavy (non-hydrogen) atoms. The Morgan fingerprint density at radius 2 is 2.00 bits per heavy atom. The Labute approximate surface area is 109 Å². The summed E-state index contributed by atoms with van der Waals surface area (Å²) >= 11 is 0. The molecule has 0 amide bonds. The van der Waals surface area contributed by atoms with E-state index in [1.165, 1.54) is 32.0 Å². The molecule has 0 aromatic heterocycles. The molecule has 0 radical (unpaired) electrons. The van der Waals surface area contributed by atoms with E-state index in [0.717, 1.165) is 0 Å². The van der Waals surface area contributed by atoms with Crippen LogP contribution in [0.1, 0.15) is 19.4 Å². The number of carbonyl (C=O) groups excluding carboxylic acids is 1. The third kappa shape index (κ3) is 3.70. The van der Waals surface area contributed by atoms with Crippen molar-refractivity contribution in [1.29, 1.82) is 0 Å². The van der Waals surface area contributed by atoms with Gasteiger partial charge in [-0.15, -0.1) is 10.2 Å². The van der Waals surface area contributed by atoms with Gasteiger partial charge in [-0.2, -0.15) is 0 Å². The third-order valence-corrected chi connectivity index (χ3v) is 2.34. The van der Waals surface area contributed by atoms with Crippen LogP contribution in [0.4, 0.5) is 11.4 Å². The number of hydrogen-bond donors (Lipinski definition) is 1. The fraction of sp³-hybridized carbons (Fsp3) is 0.250. The van der Waals surface area contributed by atoms with Crippen LogP contribution < -0.4 is 0 Å². The van der Waals surface area contributed by atoms with Crippen molar-refractivity contribution in [3.05, 3.63) is 45.3 Å². The lowest BCUT2D eigenvalue weighted by atomic mass is 10.2. The van der Waals surface area contributed by atoms with Crippen molar-refractivity contribution in [2.24, 2.45) is 10.2 Å². The van der Waals surface area contributed by atoms with E-state index < -0.39 is 10.7 Å². The van der Waals surface area contributed by atoms with Crippen molar-refractivity contribution in [2.45, 2.75) is 20.8 Å². The first-order chi connectivity index (χ1) is 8.82. The molecule has 0 saturated heterocycles. The zero-order valence-electron chi connectivity index (χ0n) is 10.7. The van der Waals surface area contributed by atoms with E-state index in [0.29, 0.717) is 5.56 Å². The molecule has 100 valence electrons. The van der Waals surface area contributed by atoms with Crippen LogP contribution in [0, 0.1) is 17.0 Å². The third-order valence-electron chi connectivity index (χ3n) is 2.34. The summed E-state index contributed by atoms with van der Waals surface area (Å²) in [7, 11) is 0. The molecule has 7 heteroatoms. The molecular formula is C12H13N3O4. The van der Waals surface area contributed by atoms with E-state index in [2.05, 4.69) is 10.2 Å². The fourth-order valence-electron chi connectivity index (χ4n) is 1.32. The number of benzene rings is 1. The lowest BCUT2D eigenvalue weighted by Crippen LogP contribution is -1.96. The largest absolute Gasteiger partial charge is 0.510 e. The van der Waals surface area contributed by atoms with Gasteiger partial charge in [-0.1, -0.05) is 6.07 Å². The van der Waals surface area contributed by atoms with E-state index in [1.54, 1.807) is 6.92 Å². The number of carbonyl (C=O) groups is 1. The molecule has 0 bridgehead atoms. The minimum absolute atomic E-state index is 0.117. The minimum Gasteiger partial charge on any atom is -0.510 e. The molecule has 0 fully saturated rings. The molecular weight excluding hydrogens is 250 g/mol. The van der Waals surface area contributed by atoms with Crippen molar-refractivity contribution >= 4 is 17.2 Å². The molecule has 1 N–H and O–H groups in total. The van der Waals surface area contributed by atoms with Crippen LogP contribution in [-0.4, -0.2) is 15.8 Å². The van der Waals surface area contributed by atoms with E-state index >= 15 is 0 Å². The molecule has 0 aliphatic rings. The Kier molecular flexibility index (Phi) is 4.46. The second kappa shape index (κ2) is 5.85. The monoisotopic (exact) mass is 263 g/mol. The number of azo groups is 1. The van der Waals surface area contributed by atoms with E-state index in [4.69, 9.17) is 0 Å². The van der Waals surface area contributed by atoms with Gasteiger partial charge in [0.05, 0.1) is 10.6 Å². The van der Waals surface area contributed by atoms with Gasteiger partial charge in [0.1, 0.15) is 5.76 Å². The summed E-state index contributed by atoms with van der Waals surface area (Å²) in [4.78, 5) is 21.3. The van der Waals surface area contributed by atoms with Gasteiger partial charge in [-0.25, -0.2) is 0 Å². The average Bonchev–Trinajstić information content (AvgIpc) is 2.30. The quantitative estimate of drug-likeness (QED) is 0.295. The average molecular weight is 263 g/mol. The number of non-ortho nitro benzene ring substituents is 1. The Bertz CT molecular complexity index is 587. The summed E-state index contributed by atoms with van der Waals surface area (Å²) in [5.74, 6) is -0.689. The summed E-state index contributed by atoms with van der Waals surface area (Å²) in [5, 5.41) is 27.3. The molecule has 0 saturated carbocycles. The zero-order valence-corrected chi connectivity index (χ0v) is 10.7. The molecule has 0 aliphatic heterocycles. The minimum atomic E-state index is -0.544. The molecule has 0 spiro atoms. The number of Topliss-reactive ketones (excluding diaryl/α,β-unsaturated/α-hetero) is 1. The Morgan fingerprint density at radius 3 is 2.47 bits per heavy atom. The maximum Gasteiger partial charge on any atom is 0.271 e. The summed E-state index contributed by atoms with van der Waals surface area (Å²) in [5.41, 5.74) is 0.654. The van der Waals surface area contributed by atoms with Gasteiger partial charge in [-0.05, 0) is 19.4 Å². The van der Waals surface area contributed by atoms with Crippen molar-refractivity contribution in [1.82, 2.24) is 0 Å². The number of aliphatic hydroxyl groups excluding tert-OH is 1. The highest BCUT2D eigenvalue weighted by atomic mass is 16.6. The van der Waals surface area contributed by atoms with Crippen molar-refractivity contribution in [3.63, 3.8) is 0 Å². The van der Waals surface area contributed by atoms with E-state index in [9.17, 15) is 20.0 Å². The maximum absolute atomic E-state index is 11.2. The standard InChI is InChI=1S/C12H13N3O4/c1-7-4-5-10(15(18)19)6-11(7)13-14-12(8(2)16)9(3)17/h4-6,16H,1-3H3/b12-8-,14-13?. The first-order valence-electron chi connectivity index (χ1n) is 5.40. The van der Waals surface area contributed by atoms with Gasteiger partial charge in [0.2, 0.25) is 0 Å². The fourth-order valence-corrected chi connectivity index (χ4v) is 1.32. The van der Waals surface area contributed by atoms with Crippen LogP contribution >= 0.6 is 0 Å².